The molecule has 0 spiro atoms. The molecule has 2 heterocycles. The van der Waals surface area contributed by atoms with E-state index in [0.717, 1.165) is 64.2 Å². The van der Waals surface area contributed by atoms with Crippen molar-refractivity contribution in [1.82, 2.24) is 36.1 Å². The zero-order valence-corrected chi connectivity index (χ0v) is 26.8. The molecule has 6 atom stereocenters. The van der Waals surface area contributed by atoms with Crippen molar-refractivity contribution in [3.05, 3.63) is 24.3 Å². The summed E-state index contributed by atoms with van der Waals surface area (Å²) in [5, 5.41) is 11.2. The number of rotatable bonds is 13. The number of amides is 5. The average Bonchev–Trinajstić information content (AvgIpc) is 3.63. The number of nitrogens with one attached hydrogen (secondary N) is 4. The van der Waals surface area contributed by atoms with Crippen LogP contribution in [0.2, 0.25) is 0 Å². The van der Waals surface area contributed by atoms with E-state index in [0.29, 0.717) is 19.4 Å². The summed E-state index contributed by atoms with van der Waals surface area (Å²) in [5.41, 5.74) is 0.0996. The third-order valence-corrected chi connectivity index (χ3v) is 10.0. The van der Waals surface area contributed by atoms with E-state index < -0.39 is 59.5 Å². The molecule has 13 heteroatoms. The number of aromatic nitrogens is 2. The molecule has 4 aliphatic rings. The van der Waals surface area contributed by atoms with E-state index in [4.69, 9.17) is 0 Å². The van der Waals surface area contributed by atoms with E-state index in [1.54, 1.807) is 11.8 Å². The lowest BCUT2D eigenvalue weighted by molar-refractivity contribution is -0.144. The second-order valence-electron chi connectivity index (χ2n) is 13.4. The molecule has 1 aromatic heterocycles. The van der Waals surface area contributed by atoms with Gasteiger partial charge in [-0.25, -0.2) is 4.98 Å². The topological polar surface area (TPSA) is 180 Å². The molecule has 0 bridgehead atoms. The Hall–Kier alpha value is -3.90. The molecule has 5 amide bonds. The summed E-state index contributed by atoms with van der Waals surface area (Å²) in [6.45, 7) is 3.85. The van der Waals surface area contributed by atoms with Crippen LogP contribution in [-0.2, 0) is 24.0 Å². The monoisotopic (exact) mass is 637 g/mol. The smallest absolute Gasteiger partial charge is 0.289 e. The van der Waals surface area contributed by atoms with E-state index in [9.17, 15) is 28.8 Å². The Kier molecular flexibility index (Phi) is 11.0. The Labute approximate surface area is 269 Å². The summed E-state index contributed by atoms with van der Waals surface area (Å²) >= 11 is 0. The average molecular weight is 638 g/mol. The summed E-state index contributed by atoms with van der Waals surface area (Å²) in [6.07, 6.45) is 13.9. The van der Waals surface area contributed by atoms with Crippen molar-refractivity contribution in [3.8, 4) is 0 Å². The normalized spacial score (nSPS) is 24.7. The fourth-order valence-corrected chi connectivity index (χ4v) is 7.44. The van der Waals surface area contributed by atoms with Gasteiger partial charge in [-0.3, -0.25) is 33.8 Å². The number of hydrogen-bond donors (Lipinski definition) is 4. The quantitative estimate of drug-likeness (QED) is 0.235. The van der Waals surface area contributed by atoms with Crippen LogP contribution in [0.5, 0.6) is 0 Å². The number of Topliss-reactive ketones (excluding diaryl/α,β-unsaturated/α-hetero) is 1. The van der Waals surface area contributed by atoms with Gasteiger partial charge in [-0.15, -0.1) is 0 Å². The molecule has 250 valence electrons. The van der Waals surface area contributed by atoms with Crippen LogP contribution in [-0.4, -0.2) is 86.9 Å². The van der Waals surface area contributed by atoms with E-state index in [1.165, 1.54) is 18.6 Å². The molecule has 1 saturated heterocycles. The minimum Gasteiger partial charge on any atom is -0.347 e. The van der Waals surface area contributed by atoms with Crippen LogP contribution in [0.1, 0.15) is 101 Å². The lowest BCUT2D eigenvalue weighted by atomic mass is 9.83. The van der Waals surface area contributed by atoms with E-state index in [1.807, 2.05) is 6.92 Å². The molecule has 1 aromatic rings. The first-order valence-electron chi connectivity index (χ1n) is 17.0. The molecule has 0 aromatic carbocycles. The van der Waals surface area contributed by atoms with Crippen LogP contribution in [0.15, 0.2) is 18.6 Å². The number of likely N-dealkylation sites (tertiary alicyclic amines) is 1. The zero-order valence-electron chi connectivity index (χ0n) is 26.8. The van der Waals surface area contributed by atoms with Gasteiger partial charge in [-0.2, -0.15) is 0 Å². The lowest BCUT2D eigenvalue weighted by Gasteiger charge is -2.33. The Morgan fingerprint density at radius 3 is 2.35 bits per heavy atom. The predicted octanol–water partition coefficient (Wildman–Crippen LogP) is 1.42. The van der Waals surface area contributed by atoms with Crippen molar-refractivity contribution >= 4 is 35.3 Å². The summed E-state index contributed by atoms with van der Waals surface area (Å²) in [6, 6.07) is -3.57. The number of fused-ring (bicyclic) bond motifs is 1. The first-order valence-corrected chi connectivity index (χ1v) is 17.0. The van der Waals surface area contributed by atoms with Crippen molar-refractivity contribution < 1.29 is 28.8 Å². The maximum absolute atomic E-state index is 13.9. The number of carbonyl (C=O) groups excluding carboxylic acids is 6. The van der Waals surface area contributed by atoms with Crippen molar-refractivity contribution in [1.29, 1.82) is 0 Å². The first-order chi connectivity index (χ1) is 22.2. The van der Waals surface area contributed by atoms with Gasteiger partial charge in [0.2, 0.25) is 23.5 Å². The van der Waals surface area contributed by atoms with Crippen molar-refractivity contribution in [2.24, 2.45) is 17.8 Å². The van der Waals surface area contributed by atoms with Gasteiger partial charge in [0.25, 0.3) is 11.8 Å². The molecule has 1 unspecified atom stereocenters. The molecule has 4 N–H and O–H groups in total. The Balaban J connectivity index is 1.27. The SMILES string of the molecule is CCC[C@H](NC(=O)[C@@H]1[C@H]2CCC[C@H]2CN1C(=O)C(C)NC(=O)[C@@H](NC(=O)c1cnccn1)C1CCCCC1)C(=O)C(=O)NC1CC1. The molecular formula is C33H47N7O6. The van der Waals surface area contributed by atoms with Crippen LogP contribution in [0.3, 0.4) is 0 Å². The molecule has 46 heavy (non-hydrogen) atoms. The summed E-state index contributed by atoms with van der Waals surface area (Å²) in [5.74, 6) is -3.17. The second-order valence-corrected chi connectivity index (χ2v) is 13.4. The van der Waals surface area contributed by atoms with Gasteiger partial charge in [0.1, 0.15) is 23.8 Å². The van der Waals surface area contributed by atoms with E-state index in [2.05, 4.69) is 31.2 Å². The number of carbonyl (C=O) groups is 6. The molecule has 1 aliphatic heterocycles. The van der Waals surface area contributed by atoms with Gasteiger partial charge >= 0.3 is 0 Å². The number of ketones is 1. The molecule has 0 radical (unpaired) electrons. The summed E-state index contributed by atoms with van der Waals surface area (Å²) in [4.78, 5) is 89.5. The van der Waals surface area contributed by atoms with E-state index >= 15 is 0 Å². The van der Waals surface area contributed by atoms with Crippen molar-refractivity contribution in [3.63, 3.8) is 0 Å². The summed E-state index contributed by atoms with van der Waals surface area (Å²) in [7, 11) is 0. The van der Waals surface area contributed by atoms with E-state index in [-0.39, 0.29) is 29.5 Å². The predicted molar refractivity (Wildman–Crippen MR) is 167 cm³/mol. The maximum Gasteiger partial charge on any atom is 0.289 e. The highest BCUT2D eigenvalue weighted by Crippen LogP contribution is 2.42. The maximum atomic E-state index is 13.9. The van der Waals surface area contributed by atoms with Crippen LogP contribution in [0, 0.1) is 17.8 Å². The minimum atomic E-state index is -0.972. The highest BCUT2D eigenvalue weighted by atomic mass is 16.2. The highest BCUT2D eigenvalue weighted by molar-refractivity contribution is 6.38. The molecule has 3 saturated carbocycles. The standard InChI is InChI=1S/C33H47N7O6/c1-3-8-24(28(41)32(45)37-22-13-14-22)38-31(44)27-23-12-7-11-21(23)18-40(27)33(46)19(2)36-30(43)26(20-9-5-4-6-10-20)39-29(42)25-17-34-15-16-35-25/h15-17,19-24,26-27H,3-14,18H2,1-2H3,(H,36,43)(H,37,45)(H,38,44)(H,39,42)/t19?,21-,23-,24-,26-,27-/m0/s1. The summed E-state index contributed by atoms with van der Waals surface area (Å²) < 4.78 is 0. The third-order valence-electron chi connectivity index (χ3n) is 10.0. The van der Waals surface area contributed by atoms with Crippen molar-refractivity contribution in [2.75, 3.05) is 6.54 Å². The Morgan fingerprint density at radius 1 is 0.913 bits per heavy atom. The molecule has 5 rings (SSSR count). The van der Waals surface area contributed by atoms with Gasteiger partial charge < -0.3 is 26.2 Å². The van der Waals surface area contributed by atoms with Gasteiger partial charge in [0, 0.05) is 25.0 Å². The van der Waals surface area contributed by atoms with Crippen molar-refractivity contribution in [2.45, 2.75) is 121 Å². The molecule has 4 fully saturated rings. The fraction of sp³-hybridized carbons (Fsp3) is 0.697. The van der Waals surface area contributed by atoms with Crippen LogP contribution < -0.4 is 21.3 Å². The first kappa shape index (κ1) is 33.5. The van der Waals surface area contributed by atoms with Gasteiger partial charge in [0.15, 0.2) is 0 Å². The molecular weight excluding hydrogens is 590 g/mol. The molecule has 13 nitrogen and oxygen atoms in total. The van der Waals surface area contributed by atoms with Gasteiger partial charge in [-0.05, 0) is 69.6 Å². The van der Waals surface area contributed by atoms with Gasteiger partial charge in [-0.1, -0.05) is 39.0 Å². The zero-order chi connectivity index (χ0) is 32.8. The third kappa shape index (κ3) is 7.90. The second kappa shape index (κ2) is 15.1. The largest absolute Gasteiger partial charge is 0.347 e. The Morgan fingerprint density at radius 2 is 1.67 bits per heavy atom. The van der Waals surface area contributed by atoms with Crippen LogP contribution in [0.25, 0.3) is 0 Å². The molecule has 3 aliphatic carbocycles. The minimum absolute atomic E-state index is 0.0198. The van der Waals surface area contributed by atoms with Gasteiger partial charge in [0.05, 0.1) is 12.2 Å². The number of nitrogens with zero attached hydrogens (tertiary/aromatic N) is 3. The van der Waals surface area contributed by atoms with Crippen LogP contribution >= 0.6 is 0 Å². The Bertz CT molecular complexity index is 1300. The highest BCUT2D eigenvalue weighted by Gasteiger charge is 2.51. The lowest BCUT2D eigenvalue weighted by Crippen LogP contribution is -2.59. The fourth-order valence-electron chi connectivity index (χ4n) is 7.44. The van der Waals surface area contributed by atoms with Crippen LogP contribution in [0.4, 0.5) is 0 Å². The number of hydrogen-bond acceptors (Lipinski definition) is 8.